The lowest BCUT2D eigenvalue weighted by Crippen LogP contribution is -2.38. The van der Waals surface area contributed by atoms with Gasteiger partial charge in [0.1, 0.15) is 11.6 Å². The van der Waals surface area contributed by atoms with Crippen LogP contribution in [-0.4, -0.2) is 30.3 Å². The van der Waals surface area contributed by atoms with Crippen molar-refractivity contribution in [3.05, 3.63) is 29.6 Å². The second-order valence-corrected chi connectivity index (χ2v) is 4.55. The van der Waals surface area contributed by atoms with Gasteiger partial charge in [-0.2, -0.15) is 0 Å². The number of rotatable bonds is 3. The molecule has 0 aliphatic carbocycles. The molecule has 0 bridgehead atoms. The van der Waals surface area contributed by atoms with E-state index < -0.39 is 11.7 Å². The molecule has 0 spiro atoms. The first-order chi connectivity index (χ1) is 8.58. The van der Waals surface area contributed by atoms with Crippen LogP contribution in [0.5, 0.6) is 5.75 Å². The summed E-state index contributed by atoms with van der Waals surface area (Å²) in [5.41, 5.74) is -0.0410. The van der Waals surface area contributed by atoms with Crippen LogP contribution in [0.15, 0.2) is 18.2 Å². The van der Waals surface area contributed by atoms with Gasteiger partial charge < -0.3 is 15.2 Å². The van der Waals surface area contributed by atoms with E-state index in [4.69, 9.17) is 4.74 Å². The Bertz CT molecular complexity index is 444. The maximum Gasteiger partial charge on any atom is 0.255 e. The molecule has 0 aromatic heterocycles. The molecular weight excluding hydrogens is 237 g/mol. The molecule has 0 saturated carbocycles. The minimum atomic E-state index is -0.546. The molecule has 1 amide bonds. The maximum atomic E-state index is 13.0. The van der Waals surface area contributed by atoms with Gasteiger partial charge in [0, 0.05) is 18.6 Å². The Balaban J connectivity index is 2.04. The lowest BCUT2D eigenvalue weighted by molar-refractivity contribution is 0.0919. The van der Waals surface area contributed by atoms with Crippen LogP contribution in [0.2, 0.25) is 0 Å². The van der Waals surface area contributed by atoms with Gasteiger partial charge in [0.2, 0.25) is 0 Å². The summed E-state index contributed by atoms with van der Waals surface area (Å²) < 4.78 is 18.3. The van der Waals surface area contributed by atoms with Crippen molar-refractivity contribution >= 4 is 5.91 Å². The number of halogens is 1. The van der Waals surface area contributed by atoms with Gasteiger partial charge in [-0.3, -0.25) is 4.79 Å². The number of nitrogens with one attached hydrogen (secondary N) is 1. The van der Waals surface area contributed by atoms with Gasteiger partial charge in [0.25, 0.3) is 5.91 Å². The number of amides is 1. The summed E-state index contributed by atoms with van der Waals surface area (Å²) in [5.74, 6) is -0.963. The lowest BCUT2D eigenvalue weighted by Gasteiger charge is -2.19. The van der Waals surface area contributed by atoms with Crippen molar-refractivity contribution in [3.63, 3.8) is 0 Å². The average Bonchev–Trinajstić information content (AvgIpc) is 2.85. The minimum Gasteiger partial charge on any atom is -0.507 e. The summed E-state index contributed by atoms with van der Waals surface area (Å²) in [6.45, 7) is 3.21. The number of phenols is 1. The zero-order valence-corrected chi connectivity index (χ0v) is 10.1. The number of ether oxygens (including phenoxy) is 1. The third kappa shape index (κ3) is 2.79. The van der Waals surface area contributed by atoms with Crippen LogP contribution in [-0.2, 0) is 4.74 Å². The Morgan fingerprint density at radius 1 is 1.61 bits per heavy atom. The highest BCUT2D eigenvalue weighted by Crippen LogP contribution is 2.20. The molecule has 1 aliphatic heterocycles. The second kappa shape index (κ2) is 5.35. The number of carbonyl (C=O) groups excluding carboxylic acids is 1. The van der Waals surface area contributed by atoms with E-state index in [1.165, 1.54) is 6.07 Å². The smallest absolute Gasteiger partial charge is 0.255 e. The van der Waals surface area contributed by atoms with Gasteiger partial charge in [0.05, 0.1) is 12.2 Å². The van der Waals surface area contributed by atoms with Crippen molar-refractivity contribution in [2.45, 2.75) is 19.4 Å². The Hall–Kier alpha value is -1.62. The summed E-state index contributed by atoms with van der Waals surface area (Å²) in [7, 11) is 0. The predicted octanol–water partition coefficient (Wildman–Crippen LogP) is 1.69. The summed E-state index contributed by atoms with van der Waals surface area (Å²) >= 11 is 0. The van der Waals surface area contributed by atoms with Crippen LogP contribution in [0, 0.1) is 11.7 Å². The molecule has 1 saturated heterocycles. The monoisotopic (exact) mass is 253 g/mol. The van der Waals surface area contributed by atoms with Crippen LogP contribution < -0.4 is 5.32 Å². The van der Waals surface area contributed by atoms with Crippen molar-refractivity contribution in [3.8, 4) is 5.75 Å². The van der Waals surface area contributed by atoms with Crippen molar-refractivity contribution < 1.29 is 19.0 Å². The van der Waals surface area contributed by atoms with Crippen molar-refractivity contribution in [1.82, 2.24) is 5.32 Å². The van der Waals surface area contributed by atoms with E-state index in [9.17, 15) is 14.3 Å². The third-order valence-electron chi connectivity index (χ3n) is 3.23. The zero-order chi connectivity index (χ0) is 13.1. The standard InChI is InChI=1S/C13H16FNO3/c1-8(9-4-5-18-7-9)15-13(17)11-6-10(14)2-3-12(11)16/h2-3,6,8-9,16H,4-5,7H2,1H3,(H,15,17)/t8-,9-/m0/s1. The largest absolute Gasteiger partial charge is 0.507 e. The summed E-state index contributed by atoms with van der Waals surface area (Å²) in [4.78, 5) is 11.9. The van der Waals surface area contributed by atoms with Gasteiger partial charge >= 0.3 is 0 Å². The Kier molecular flexibility index (Phi) is 3.81. The second-order valence-electron chi connectivity index (χ2n) is 4.55. The minimum absolute atomic E-state index is 0.0410. The molecule has 1 fully saturated rings. The zero-order valence-electron chi connectivity index (χ0n) is 10.1. The normalized spacial score (nSPS) is 20.7. The number of carbonyl (C=O) groups is 1. The highest BCUT2D eigenvalue weighted by atomic mass is 19.1. The van der Waals surface area contributed by atoms with Crippen molar-refractivity contribution in [2.75, 3.05) is 13.2 Å². The van der Waals surface area contributed by atoms with Gasteiger partial charge in [-0.25, -0.2) is 4.39 Å². The van der Waals surface area contributed by atoms with Gasteiger partial charge in [-0.15, -0.1) is 0 Å². The molecule has 2 atom stereocenters. The molecule has 1 aliphatic rings. The molecular formula is C13H16FNO3. The topological polar surface area (TPSA) is 58.6 Å². The molecule has 4 nitrogen and oxygen atoms in total. The van der Waals surface area contributed by atoms with Crippen LogP contribution in [0.25, 0.3) is 0 Å². The molecule has 98 valence electrons. The molecule has 18 heavy (non-hydrogen) atoms. The quantitative estimate of drug-likeness (QED) is 0.861. The first kappa shape index (κ1) is 12.8. The van der Waals surface area contributed by atoms with Crippen molar-refractivity contribution in [2.24, 2.45) is 5.92 Å². The molecule has 1 aromatic carbocycles. The van der Waals surface area contributed by atoms with Gasteiger partial charge in [0.15, 0.2) is 0 Å². The molecule has 1 heterocycles. The van der Waals surface area contributed by atoms with E-state index in [0.29, 0.717) is 13.2 Å². The van der Waals surface area contributed by atoms with Crippen LogP contribution in [0.1, 0.15) is 23.7 Å². The summed E-state index contributed by atoms with van der Waals surface area (Å²) in [5, 5.41) is 12.3. The third-order valence-corrected chi connectivity index (χ3v) is 3.23. The molecule has 5 heteroatoms. The van der Waals surface area contributed by atoms with E-state index in [1.807, 2.05) is 6.92 Å². The fourth-order valence-electron chi connectivity index (χ4n) is 2.04. The fraction of sp³-hybridized carbons (Fsp3) is 0.462. The highest BCUT2D eigenvalue weighted by molar-refractivity contribution is 5.96. The van der Waals surface area contributed by atoms with Crippen LogP contribution >= 0.6 is 0 Å². The number of phenolic OH excluding ortho intramolecular Hbond substituents is 1. The van der Waals surface area contributed by atoms with Gasteiger partial charge in [-0.05, 0) is 31.5 Å². The summed E-state index contributed by atoms with van der Waals surface area (Å²) in [6, 6.07) is 3.25. The van der Waals surface area contributed by atoms with Crippen LogP contribution in [0.3, 0.4) is 0 Å². The van der Waals surface area contributed by atoms with E-state index in [1.54, 1.807) is 0 Å². The fourth-order valence-corrected chi connectivity index (χ4v) is 2.04. The lowest BCUT2D eigenvalue weighted by atomic mass is 10.0. The maximum absolute atomic E-state index is 13.0. The van der Waals surface area contributed by atoms with E-state index >= 15 is 0 Å². The Morgan fingerprint density at radius 3 is 3.06 bits per heavy atom. The highest BCUT2D eigenvalue weighted by Gasteiger charge is 2.24. The van der Waals surface area contributed by atoms with Crippen LogP contribution in [0.4, 0.5) is 4.39 Å². The number of hydrogen-bond donors (Lipinski definition) is 2. The summed E-state index contributed by atoms with van der Waals surface area (Å²) in [6.07, 6.45) is 0.899. The first-order valence-electron chi connectivity index (χ1n) is 5.95. The van der Waals surface area contributed by atoms with E-state index in [2.05, 4.69) is 5.32 Å². The molecule has 2 rings (SSSR count). The average molecular weight is 253 g/mol. The number of hydrogen-bond acceptors (Lipinski definition) is 3. The van der Waals surface area contributed by atoms with E-state index in [-0.39, 0.29) is 23.3 Å². The molecule has 1 aromatic rings. The molecule has 2 N–H and O–H groups in total. The Morgan fingerprint density at radius 2 is 2.39 bits per heavy atom. The van der Waals surface area contributed by atoms with E-state index in [0.717, 1.165) is 18.6 Å². The molecule has 0 radical (unpaired) electrons. The predicted molar refractivity (Wildman–Crippen MR) is 63.9 cm³/mol. The number of benzene rings is 1. The Labute approximate surface area is 105 Å². The molecule has 0 unspecified atom stereocenters. The van der Waals surface area contributed by atoms with Crippen molar-refractivity contribution in [1.29, 1.82) is 0 Å². The first-order valence-corrected chi connectivity index (χ1v) is 5.95. The number of aromatic hydroxyl groups is 1. The van der Waals surface area contributed by atoms with Gasteiger partial charge in [-0.1, -0.05) is 0 Å². The SMILES string of the molecule is C[C@H](NC(=O)c1cc(F)ccc1O)[C@H]1CCOC1.